The van der Waals surface area contributed by atoms with Crippen molar-refractivity contribution in [3.8, 4) is 0 Å². The Morgan fingerprint density at radius 1 is 1.00 bits per heavy atom. The standard InChI is InChI=1S/C34H41N5O4/c1-34(2,3)33(42)43-21-38-20-18-35-30(38)28-25-17-19-39(29(25)23-13-7-9-15-26(23)36-28)32(41)24-14-8-10-16-27(24)37-31(40)22-11-5-4-6-12-22/h4-7,9,11-13,15,18,20,24-25,27-29,36H,8,10,14,16-17,19,21H2,1-3H3,(H,37,40)/t24-,25+,27+,28+,29-/m0/s1. The first-order chi connectivity index (χ1) is 20.7. The molecular weight excluding hydrogens is 542 g/mol. The second-order valence-electron chi connectivity index (χ2n) is 13.0. The number of likely N-dealkylation sites (tertiary alicyclic amines) is 1. The van der Waals surface area contributed by atoms with Gasteiger partial charge in [0, 0.05) is 42.1 Å². The summed E-state index contributed by atoms with van der Waals surface area (Å²) < 4.78 is 7.52. The summed E-state index contributed by atoms with van der Waals surface area (Å²) in [6.45, 7) is 6.22. The highest BCUT2D eigenvalue weighted by Gasteiger charge is 2.49. The summed E-state index contributed by atoms with van der Waals surface area (Å²) in [5.41, 5.74) is 2.09. The third-order valence-electron chi connectivity index (χ3n) is 9.15. The quantitative estimate of drug-likeness (QED) is 0.373. The first-order valence-corrected chi connectivity index (χ1v) is 15.4. The van der Waals surface area contributed by atoms with Crippen molar-refractivity contribution in [1.29, 1.82) is 0 Å². The summed E-state index contributed by atoms with van der Waals surface area (Å²) >= 11 is 0. The molecule has 43 heavy (non-hydrogen) atoms. The lowest BCUT2D eigenvalue weighted by molar-refractivity contribution is -0.157. The fourth-order valence-electron chi connectivity index (χ4n) is 6.93. The number of nitrogens with one attached hydrogen (secondary N) is 2. The number of esters is 1. The van der Waals surface area contributed by atoms with Crippen molar-refractivity contribution < 1.29 is 19.1 Å². The monoisotopic (exact) mass is 583 g/mol. The van der Waals surface area contributed by atoms with Crippen LogP contribution in [0.3, 0.4) is 0 Å². The summed E-state index contributed by atoms with van der Waals surface area (Å²) in [5, 5.41) is 6.90. The molecule has 1 saturated carbocycles. The summed E-state index contributed by atoms with van der Waals surface area (Å²) in [6.07, 6.45) is 7.90. The van der Waals surface area contributed by atoms with Crippen LogP contribution in [-0.2, 0) is 21.1 Å². The van der Waals surface area contributed by atoms with Crippen molar-refractivity contribution in [3.63, 3.8) is 0 Å². The Kier molecular flexibility index (Phi) is 7.99. The van der Waals surface area contributed by atoms with E-state index in [4.69, 9.17) is 9.72 Å². The molecule has 0 spiro atoms. The zero-order valence-corrected chi connectivity index (χ0v) is 25.2. The van der Waals surface area contributed by atoms with E-state index in [0.29, 0.717) is 12.1 Å². The number of nitrogens with zero attached hydrogens (tertiary/aromatic N) is 3. The lowest BCUT2D eigenvalue weighted by atomic mass is 9.80. The van der Waals surface area contributed by atoms with Gasteiger partial charge in [-0.25, -0.2) is 4.98 Å². The van der Waals surface area contributed by atoms with Crippen LogP contribution in [0.25, 0.3) is 0 Å². The SMILES string of the molecule is CC(C)(C)C(=O)OCn1ccnc1[C@@H]1Nc2ccccc2[C@H]2[C@@H]1CCN2C(=O)[C@H]1CCCC[C@H]1NC(=O)c1ccccc1. The topological polar surface area (TPSA) is 106 Å². The first-order valence-electron chi connectivity index (χ1n) is 15.4. The number of hydrogen-bond donors (Lipinski definition) is 2. The van der Waals surface area contributed by atoms with Crippen LogP contribution in [0.4, 0.5) is 5.69 Å². The Labute approximate surface area is 253 Å². The summed E-state index contributed by atoms with van der Waals surface area (Å²) in [6, 6.07) is 16.9. The fraction of sp³-hybridized carbons (Fsp3) is 0.471. The molecule has 0 radical (unpaired) electrons. The predicted octanol–water partition coefficient (Wildman–Crippen LogP) is 5.48. The van der Waals surface area contributed by atoms with Crippen LogP contribution in [-0.4, -0.2) is 44.8 Å². The van der Waals surface area contributed by atoms with Crippen molar-refractivity contribution in [1.82, 2.24) is 19.8 Å². The normalized spacial score (nSPS) is 24.8. The number of imidazole rings is 1. The van der Waals surface area contributed by atoms with E-state index in [1.165, 1.54) is 0 Å². The average Bonchev–Trinajstić information content (AvgIpc) is 3.67. The van der Waals surface area contributed by atoms with Crippen LogP contribution in [0.2, 0.25) is 0 Å². The van der Waals surface area contributed by atoms with Gasteiger partial charge in [0.2, 0.25) is 5.91 Å². The Morgan fingerprint density at radius 2 is 1.74 bits per heavy atom. The molecule has 3 aliphatic rings. The molecule has 1 aromatic heterocycles. The number of para-hydroxylation sites is 1. The molecule has 2 aromatic carbocycles. The molecular formula is C34H41N5O4. The minimum Gasteiger partial charge on any atom is -0.443 e. The van der Waals surface area contributed by atoms with Crippen molar-refractivity contribution in [2.75, 3.05) is 11.9 Å². The smallest absolute Gasteiger partial charge is 0.312 e. The van der Waals surface area contributed by atoms with E-state index in [-0.39, 0.29) is 54.5 Å². The van der Waals surface area contributed by atoms with Crippen LogP contribution in [0.15, 0.2) is 67.0 Å². The zero-order valence-electron chi connectivity index (χ0n) is 25.2. The summed E-state index contributed by atoms with van der Waals surface area (Å²) in [5.74, 6) is 0.315. The van der Waals surface area contributed by atoms with E-state index in [1.54, 1.807) is 18.3 Å². The van der Waals surface area contributed by atoms with Gasteiger partial charge < -0.3 is 20.3 Å². The van der Waals surface area contributed by atoms with Crippen molar-refractivity contribution in [3.05, 3.63) is 83.9 Å². The van der Waals surface area contributed by atoms with Crippen LogP contribution < -0.4 is 10.6 Å². The number of benzene rings is 2. The highest BCUT2D eigenvalue weighted by Crippen LogP contribution is 2.51. The first kappa shape index (κ1) is 29.0. The Balaban J connectivity index is 1.25. The molecule has 2 aliphatic heterocycles. The molecule has 1 saturated heterocycles. The van der Waals surface area contributed by atoms with Crippen LogP contribution in [0, 0.1) is 17.3 Å². The molecule has 2 fully saturated rings. The average molecular weight is 584 g/mol. The number of aromatic nitrogens is 2. The van der Waals surface area contributed by atoms with Gasteiger partial charge >= 0.3 is 5.97 Å². The van der Waals surface area contributed by atoms with Gasteiger partial charge in [0.1, 0.15) is 5.82 Å². The maximum Gasteiger partial charge on any atom is 0.312 e. The van der Waals surface area contributed by atoms with Gasteiger partial charge in [0.15, 0.2) is 6.73 Å². The molecule has 0 bridgehead atoms. The molecule has 2 amide bonds. The predicted molar refractivity (Wildman–Crippen MR) is 163 cm³/mol. The second kappa shape index (κ2) is 11.9. The van der Waals surface area contributed by atoms with Gasteiger partial charge in [-0.3, -0.25) is 19.0 Å². The fourth-order valence-corrected chi connectivity index (χ4v) is 6.93. The number of anilines is 1. The molecule has 1 aliphatic carbocycles. The third-order valence-corrected chi connectivity index (χ3v) is 9.15. The van der Waals surface area contributed by atoms with Gasteiger partial charge in [0.25, 0.3) is 5.91 Å². The minimum absolute atomic E-state index is 0.0795. The molecule has 9 heteroatoms. The lowest BCUT2D eigenvalue weighted by Crippen LogP contribution is -2.50. The number of carbonyl (C=O) groups excluding carboxylic acids is 3. The molecule has 3 aromatic rings. The highest BCUT2D eigenvalue weighted by molar-refractivity contribution is 5.95. The second-order valence-corrected chi connectivity index (χ2v) is 13.0. The molecule has 3 heterocycles. The molecule has 2 N–H and O–H groups in total. The van der Waals surface area contributed by atoms with Crippen molar-refractivity contribution in [2.45, 2.75) is 77.7 Å². The van der Waals surface area contributed by atoms with Crippen LogP contribution in [0.5, 0.6) is 0 Å². The maximum atomic E-state index is 14.4. The molecule has 5 atom stereocenters. The van der Waals surface area contributed by atoms with E-state index in [2.05, 4.69) is 27.7 Å². The van der Waals surface area contributed by atoms with Crippen LogP contribution in [0.1, 0.15) is 86.7 Å². The number of amides is 2. The minimum atomic E-state index is -0.599. The number of ether oxygens (including phenoxy) is 1. The van der Waals surface area contributed by atoms with E-state index >= 15 is 0 Å². The molecule has 226 valence electrons. The maximum absolute atomic E-state index is 14.4. The van der Waals surface area contributed by atoms with Crippen molar-refractivity contribution >= 4 is 23.5 Å². The summed E-state index contributed by atoms with van der Waals surface area (Å²) in [4.78, 5) is 46.7. The van der Waals surface area contributed by atoms with E-state index in [9.17, 15) is 14.4 Å². The van der Waals surface area contributed by atoms with Gasteiger partial charge in [-0.2, -0.15) is 0 Å². The van der Waals surface area contributed by atoms with Gasteiger partial charge in [-0.15, -0.1) is 0 Å². The largest absolute Gasteiger partial charge is 0.443 e. The van der Waals surface area contributed by atoms with Crippen LogP contribution >= 0.6 is 0 Å². The highest BCUT2D eigenvalue weighted by atomic mass is 16.5. The van der Waals surface area contributed by atoms with Gasteiger partial charge in [0.05, 0.1) is 23.4 Å². The Hall–Kier alpha value is -4.14. The molecule has 6 rings (SSSR count). The molecule has 9 nitrogen and oxygen atoms in total. The van der Waals surface area contributed by atoms with E-state index in [0.717, 1.165) is 49.2 Å². The van der Waals surface area contributed by atoms with E-state index < -0.39 is 5.41 Å². The summed E-state index contributed by atoms with van der Waals surface area (Å²) in [7, 11) is 0. The van der Waals surface area contributed by atoms with E-state index in [1.807, 2.05) is 61.9 Å². The number of fused-ring (bicyclic) bond motifs is 3. The number of carbonyl (C=O) groups is 3. The zero-order chi connectivity index (χ0) is 30.1. The number of rotatable bonds is 6. The Bertz CT molecular complexity index is 1480. The number of hydrogen-bond acceptors (Lipinski definition) is 6. The molecule has 0 unspecified atom stereocenters. The Morgan fingerprint density at radius 3 is 2.53 bits per heavy atom. The van der Waals surface area contributed by atoms with Crippen molar-refractivity contribution in [2.24, 2.45) is 17.3 Å². The van der Waals surface area contributed by atoms with Gasteiger partial charge in [-0.05, 0) is 63.8 Å². The third kappa shape index (κ3) is 5.77. The van der Waals surface area contributed by atoms with Gasteiger partial charge in [-0.1, -0.05) is 49.2 Å². The lowest BCUT2D eigenvalue weighted by Gasteiger charge is -2.41.